The van der Waals surface area contributed by atoms with Crippen molar-refractivity contribution >= 4 is 23.4 Å². The molecule has 0 heterocycles. The lowest BCUT2D eigenvalue weighted by Crippen LogP contribution is -2.42. The van der Waals surface area contributed by atoms with E-state index < -0.39 is 5.91 Å². The van der Waals surface area contributed by atoms with Crippen molar-refractivity contribution in [2.24, 2.45) is 0 Å². The Balaban J connectivity index is 1.89. The number of ether oxygens (including phenoxy) is 1. The fourth-order valence-electron chi connectivity index (χ4n) is 2.82. The highest BCUT2D eigenvalue weighted by molar-refractivity contribution is 5.95. The molecule has 2 aromatic carbocycles. The van der Waals surface area contributed by atoms with Crippen molar-refractivity contribution in [3.05, 3.63) is 59.9 Å². The molecule has 0 spiro atoms. The van der Waals surface area contributed by atoms with Gasteiger partial charge in [-0.1, -0.05) is 25.5 Å². The lowest BCUT2D eigenvalue weighted by Gasteiger charge is -2.22. The van der Waals surface area contributed by atoms with E-state index >= 15 is 0 Å². The molecular formula is C23H28FN3O4. The van der Waals surface area contributed by atoms with Crippen molar-refractivity contribution in [2.45, 2.75) is 32.7 Å². The second-order valence-electron chi connectivity index (χ2n) is 7.03. The zero-order valence-corrected chi connectivity index (χ0v) is 17.8. The summed E-state index contributed by atoms with van der Waals surface area (Å²) in [6, 6.07) is 12.6. The molecule has 3 amide bonds. The zero-order chi connectivity index (χ0) is 22.6. The minimum atomic E-state index is -0.447. The zero-order valence-electron chi connectivity index (χ0n) is 17.8. The van der Waals surface area contributed by atoms with Crippen LogP contribution in [0.4, 0.5) is 10.1 Å². The topological polar surface area (TPSA) is 87.7 Å². The summed E-state index contributed by atoms with van der Waals surface area (Å²) in [6.45, 7) is 1.76. The van der Waals surface area contributed by atoms with Crippen molar-refractivity contribution in [2.75, 3.05) is 25.5 Å². The SMILES string of the molecule is CCCCC(=O)N(CC(=O)NCC(=O)Nc1ccc(OC)cc1)Cc1ccc(F)cc1. The molecule has 0 atom stereocenters. The van der Waals surface area contributed by atoms with Crippen molar-refractivity contribution in [1.82, 2.24) is 10.2 Å². The van der Waals surface area contributed by atoms with Crippen LogP contribution in [0, 0.1) is 5.82 Å². The molecule has 0 unspecified atom stereocenters. The highest BCUT2D eigenvalue weighted by Gasteiger charge is 2.18. The Hall–Kier alpha value is -3.42. The molecule has 0 aromatic heterocycles. The number of methoxy groups -OCH3 is 1. The lowest BCUT2D eigenvalue weighted by molar-refractivity contribution is -0.136. The van der Waals surface area contributed by atoms with Crippen molar-refractivity contribution in [3.8, 4) is 5.75 Å². The molecule has 2 N–H and O–H groups in total. The number of rotatable bonds is 11. The fraction of sp³-hybridized carbons (Fsp3) is 0.348. The fourth-order valence-corrected chi connectivity index (χ4v) is 2.82. The predicted molar refractivity (Wildman–Crippen MR) is 116 cm³/mol. The van der Waals surface area contributed by atoms with Gasteiger partial charge >= 0.3 is 0 Å². The van der Waals surface area contributed by atoms with E-state index in [0.717, 1.165) is 12.0 Å². The molecular weight excluding hydrogens is 401 g/mol. The Labute approximate surface area is 181 Å². The minimum absolute atomic E-state index is 0.163. The minimum Gasteiger partial charge on any atom is -0.497 e. The Morgan fingerprint density at radius 2 is 1.68 bits per heavy atom. The first-order valence-corrected chi connectivity index (χ1v) is 10.1. The van der Waals surface area contributed by atoms with Crippen LogP contribution in [-0.4, -0.2) is 42.8 Å². The van der Waals surface area contributed by atoms with Gasteiger partial charge in [0.2, 0.25) is 17.7 Å². The van der Waals surface area contributed by atoms with Gasteiger partial charge in [-0.25, -0.2) is 4.39 Å². The normalized spacial score (nSPS) is 10.3. The third-order valence-corrected chi connectivity index (χ3v) is 4.54. The van der Waals surface area contributed by atoms with Crippen LogP contribution in [0.15, 0.2) is 48.5 Å². The first kappa shape index (κ1) is 23.9. The summed E-state index contributed by atoms with van der Waals surface area (Å²) in [5.41, 5.74) is 1.30. The number of nitrogens with one attached hydrogen (secondary N) is 2. The van der Waals surface area contributed by atoms with Gasteiger partial charge in [0, 0.05) is 18.7 Å². The van der Waals surface area contributed by atoms with Crippen LogP contribution in [0.3, 0.4) is 0 Å². The summed E-state index contributed by atoms with van der Waals surface area (Å²) in [6.07, 6.45) is 1.89. The van der Waals surface area contributed by atoms with E-state index in [2.05, 4.69) is 10.6 Å². The summed E-state index contributed by atoms with van der Waals surface area (Å²) in [7, 11) is 1.55. The molecule has 2 rings (SSSR count). The Morgan fingerprint density at radius 3 is 2.29 bits per heavy atom. The average molecular weight is 429 g/mol. The number of hydrogen-bond donors (Lipinski definition) is 2. The molecule has 0 radical (unpaired) electrons. The van der Waals surface area contributed by atoms with Crippen molar-refractivity contribution < 1.29 is 23.5 Å². The molecule has 166 valence electrons. The Morgan fingerprint density at radius 1 is 1.00 bits per heavy atom. The molecule has 0 saturated heterocycles. The maximum Gasteiger partial charge on any atom is 0.243 e. The maximum absolute atomic E-state index is 13.1. The average Bonchev–Trinajstić information content (AvgIpc) is 2.77. The molecule has 0 aliphatic rings. The molecule has 0 aliphatic carbocycles. The van der Waals surface area contributed by atoms with Crippen LogP contribution in [0.1, 0.15) is 31.7 Å². The van der Waals surface area contributed by atoms with Crippen LogP contribution < -0.4 is 15.4 Å². The molecule has 0 bridgehead atoms. The number of nitrogens with zero attached hydrogens (tertiary/aromatic N) is 1. The van der Waals surface area contributed by atoms with Gasteiger partial charge in [0.25, 0.3) is 0 Å². The van der Waals surface area contributed by atoms with Gasteiger partial charge in [-0.3, -0.25) is 14.4 Å². The number of carbonyl (C=O) groups excluding carboxylic acids is 3. The van der Waals surface area contributed by atoms with E-state index in [9.17, 15) is 18.8 Å². The number of unbranched alkanes of at least 4 members (excludes halogenated alkanes) is 1. The van der Waals surface area contributed by atoms with E-state index in [1.54, 1.807) is 43.5 Å². The van der Waals surface area contributed by atoms with Crippen LogP contribution in [-0.2, 0) is 20.9 Å². The first-order chi connectivity index (χ1) is 14.9. The Bertz CT molecular complexity index is 869. The quantitative estimate of drug-likeness (QED) is 0.575. The highest BCUT2D eigenvalue weighted by atomic mass is 19.1. The van der Waals surface area contributed by atoms with Crippen LogP contribution >= 0.6 is 0 Å². The van der Waals surface area contributed by atoms with Crippen LogP contribution in [0.25, 0.3) is 0 Å². The number of anilines is 1. The third-order valence-electron chi connectivity index (χ3n) is 4.54. The van der Waals surface area contributed by atoms with Gasteiger partial charge in [-0.2, -0.15) is 0 Å². The first-order valence-electron chi connectivity index (χ1n) is 10.1. The monoisotopic (exact) mass is 429 g/mol. The molecule has 0 aliphatic heterocycles. The van der Waals surface area contributed by atoms with Gasteiger partial charge in [-0.15, -0.1) is 0 Å². The Kier molecular flexibility index (Phi) is 9.48. The molecule has 31 heavy (non-hydrogen) atoms. The van der Waals surface area contributed by atoms with E-state index in [1.165, 1.54) is 17.0 Å². The summed E-state index contributed by atoms with van der Waals surface area (Å²) >= 11 is 0. The maximum atomic E-state index is 13.1. The highest BCUT2D eigenvalue weighted by Crippen LogP contribution is 2.14. The summed E-state index contributed by atoms with van der Waals surface area (Å²) < 4.78 is 18.2. The standard InChI is InChI=1S/C23H28FN3O4/c1-3-4-5-23(30)27(15-17-6-8-18(24)9-7-17)16-22(29)25-14-21(28)26-19-10-12-20(31-2)13-11-19/h6-13H,3-5,14-16H2,1-2H3,(H,25,29)(H,26,28). The summed E-state index contributed by atoms with van der Waals surface area (Å²) in [4.78, 5) is 38.4. The molecule has 8 heteroatoms. The van der Waals surface area contributed by atoms with Gasteiger partial charge in [0.15, 0.2) is 0 Å². The predicted octanol–water partition coefficient (Wildman–Crippen LogP) is 3.11. The van der Waals surface area contributed by atoms with Crippen LogP contribution in [0.2, 0.25) is 0 Å². The molecule has 7 nitrogen and oxygen atoms in total. The van der Waals surface area contributed by atoms with Crippen molar-refractivity contribution in [3.63, 3.8) is 0 Å². The second kappa shape index (κ2) is 12.3. The van der Waals surface area contributed by atoms with E-state index in [1.807, 2.05) is 6.92 Å². The number of hydrogen-bond acceptors (Lipinski definition) is 4. The van der Waals surface area contributed by atoms with Gasteiger partial charge in [0.05, 0.1) is 20.2 Å². The lowest BCUT2D eigenvalue weighted by atomic mass is 10.2. The van der Waals surface area contributed by atoms with E-state index in [0.29, 0.717) is 24.3 Å². The summed E-state index contributed by atoms with van der Waals surface area (Å²) in [5, 5.41) is 5.20. The number of amides is 3. The summed E-state index contributed by atoms with van der Waals surface area (Å²) in [5.74, 6) is -0.699. The molecule has 0 fully saturated rings. The molecule has 2 aromatic rings. The number of halogens is 1. The number of carbonyl (C=O) groups is 3. The smallest absolute Gasteiger partial charge is 0.243 e. The third kappa shape index (κ3) is 8.46. The van der Waals surface area contributed by atoms with E-state index in [-0.39, 0.29) is 37.3 Å². The van der Waals surface area contributed by atoms with Gasteiger partial charge in [0.1, 0.15) is 11.6 Å². The van der Waals surface area contributed by atoms with Crippen LogP contribution in [0.5, 0.6) is 5.75 Å². The van der Waals surface area contributed by atoms with E-state index in [4.69, 9.17) is 4.74 Å². The molecule has 0 saturated carbocycles. The van der Waals surface area contributed by atoms with Gasteiger partial charge in [-0.05, 0) is 48.4 Å². The van der Waals surface area contributed by atoms with Crippen molar-refractivity contribution in [1.29, 1.82) is 0 Å². The number of benzene rings is 2. The van der Waals surface area contributed by atoms with Gasteiger partial charge < -0.3 is 20.3 Å². The largest absolute Gasteiger partial charge is 0.497 e. The second-order valence-corrected chi connectivity index (χ2v) is 7.03.